The number of urea groups is 1. The summed E-state index contributed by atoms with van der Waals surface area (Å²) >= 11 is 0. The Bertz CT molecular complexity index is 844. The highest BCUT2D eigenvalue weighted by atomic mass is 19.1. The molecule has 7 heteroatoms. The molecule has 2 aromatic carbocycles. The molecule has 148 valence electrons. The minimum Gasteiger partial charge on any atom is -0.458 e. The number of rotatable bonds is 5. The molecule has 0 bridgehead atoms. The van der Waals surface area contributed by atoms with Crippen molar-refractivity contribution in [2.75, 3.05) is 6.54 Å². The van der Waals surface area contributed by atoms with Crippen LogP contribution in [-0.4, -0.2) is 35.1 Å². The second-order valence-electron chi connectivity index (χ2n) is 7.62. The normalized spacial score (nSPS) is 16.6. The molecule has 1 heterocycles. The van der Waals surface area contributed by atoms with Crippen LogP contribution in [0.4, 0.5) is 9.18 Å². The maximum atomic E-state index is 12.9. The van der Waals surface area contributed by atoms with Gasteiger partial charge in [0.05, 0.1) is 6.54 Å². The molecule has 1 aliphatic heterocycles. The number of hydrogen-bond donors (Lipinski definition) is 1. The van der Waals surface area contributed by atoms with E-state index >= 15 is 0 Å². The van der Waals surface area contributed by atoms with Crippen LogP contribution in [0.25, 0.3) is 0 Å². The average molecular weight is 386 g/mol. The minimum atomic E-state index is -0.673. The standard InChI is InChI=1S/C21H23FN2O4/c1-21(2,3)28-19(25)18-13-24(20(26)23-18)12-14-4-8-16(9-5-14)27-17-10-6-15(22)7-11-17/h4-11,18H,12-13H2,1-3H3,(H,23,26). The van der Waals surface area contributed by atoms with E-state index in [0.29, 0.717) is 18.0 Å². The molecule has 1 saturated heterocycles. The lowest BCUT2D eigenvalue weighted by Gasteiger charge is -2.21. The predicted octanol–water partition coefficient (Wildman–Crippen LogP) is 3.85. The summed E-state index contributed by atoms with van der Waals surface area (Å²) in [7, 11) is 0. The molecule has 6 nitrogen and oxygen atoms in total. The first-order valence-electron chi connectivity index (χ1n) is 9.00. The summed E-state index contributed by atoms with van der Waals surface area (Å²) in [6, 6.07) is 12.0. The van der Waals surface area contributed by atoms with Gasteiger partial charge in [-0.3, -0.25) is 0 Å². The van der Waals surface area contributed by atoms with E-state index in [1.165, 1.54) is 12.1 Å². The number of halogens is 1. The van der Waals surface area contributed by atoms with Crippen LogP contribution in [0, 0.1) is 5.82 Å². The summed E-state index contributed by atoms with van der Waals surface area (Å²) < 4.78 is 23.9. The maximum Gasteiger partial charge on any atom is 0.331 e. The largest absolute Gasteiger partial charge is 0.458 e. The van der Waals surface area contributed by atoms with Gasteiger partial charge in [0.2, 0.25) is 0 Å². The molecule has 1 aliphatic rings. The molecular weight excluding hydrogens is 363 g/mol. The second kappa shape index (κ2) is 7.88. The molecule has 1 fully saturated rings. The third-order valence-electron chi connectivity index (χ3n) is 4.03. The van der Waals surface area contributed by atoms with Gasteiger partial charge in [0.1, 0.15) is 29.0 Å². The van der Waals surface area contributed by atoms with Crippen LogP contribution in [-0.2, 0) is 16.1 Å². The molecule has 2 amide bonds. The van der Waals surface area contributed by atoms with Crippen LogP contribution >= 0.6 is 0 Å². The Labute approximate surface area is 163 Å². The fraction of sp³-hybridized carbons (Fsp3) is 0.333. The molecule has 2 aromatic rings. The van der Waals surface area contributed by atoms with Crippen molar-refractivity contribution in [3.63, 3.8) is 0 Å². The molecule has 0 aliphatic carbocycles. The summed E-state index contributed by atoms with van der Waals surface area (Å²) in [5.74, 6) is 0.379. The number of carbonyl (C=O) groups is 2. The molecule has 0 aromatic heterocycles. The van der Waals surface area contributed by atoms with Crippen molar-refractivity contribution in [2.45, 2.75) is 39.0 Å². The summed E-state index contributed by atoms with van der Waals surface area (Å²) in [5, 5.41) is 2.65. The molecule has 3 rings (SSSR count). The van der Waals surface area contributed by atoms with Gasteiger partial charge >= 0.3 is 12.0 Å². The monoisotopic (exact) mass is 386 g/mol. The minimum absolute atomic E-state index is 0.252. The van der Waals surface area contributed by atoms with Crippen molar-refractivity contribution >= 4 is 12.0 Å². The summed E-state index contributed by atoms with van der Waals surface area (Å²) in [4.78, 5) is 25.8. The first kappa shape index (κ1) is 19.7. The average Bonchev–Trinajstić information content (AvgIpc) is 2.98. The van der Waals surface area contributed by atoms with Gasteiger partial charge in [-0.2, -0.15) is 0 Å². The Balaban J connectivity index is 1.57. The zero-order chi connectivity index (χ0) is 20.3. The lowest BCUT2D eigenvalue weighted by molar-refractivity contribution is -0.156. The molecule has 1 atom stereocenters. The molecule has 28 heavy (non-hydrogen) atoms. The van der Waals surface area contributed by atoms with Crippen molar-refractivity contribution in [3.05, 3.63) is 59.9 Å². The number of carbonyl (C=O) groups excluding carboxylic acids is 2. The number of hydrogen-bond acceptors (Lipinski definition) is 4. The Morgan fingerprint density at radius 2 is 1.68 bits per heavy atom. The van der Waals surface area contributed by atoms with Gasteiger partial charge in [-0.1, -0.05) is 12.1 Å². The molecule has 0 spiro atoms. The van der Waals surface area contributed by atoms with Crippen molar-refractivity contribution in [2.24, 2.45) is 0 Å². The van der Waals surface area contributed by atoms with Crippen LogP contribution < -0.4 is 10.1 Å². The van der Waals surface area contributed by atoms with Crippen molar-refractivity contribution in [1.82, 2.24) is 10.2 Å². The molecule has 1 N–H and O–H groups in total. The Kier molecular flexibility index (Phi) is 5.53. The van der Waals surface area contributed by atoms with Crippen molar-refractivity contribution < 1.29 is 23.5 Å². The lowest BCUT2D eigenvalue weighted by atomic mass is 10.2. The smallest absolute Gasteiger partial charge is 0.331 e. The van der Waals surface area contributed by atoms with E-state index in [4.69, 9.17) is 9.47 Å². The molecule has 0 radical (unpaired) electrons. The highest BCUT2D eigenvalue weighted by molar-refractivity contribution is 5.87. The van der Waals surface area contributed by atoms with Gasteiger partial charge in [-0.15, -0.1) is 0 Å². The molecule has 0 saturated carbocycles. The van der Waals surface area contributed by atoms with Gasteiger partial charge < -0.3 is 19.7 Å². The van der Waals surface area contributed by atoms with Crippen molar-refractivity contribution in [3.8, 4) is 11.5 Å². The molecular formula is C21H23FN2O4. The van der Waals surface area contributed by atoms with Crippen LogP contribution in [0.3, 0.4) is 0 Å². The number of amides is 2. The van der Waals surface area contributed by atoms with E-state index in [0.717, 1.165) is 5.56 Å². The summed E-state index contributed by atoms with van der Waals surface area (Å²) in [6.45, 7) is 5.97. The lowest BCUT2D eigenvalue weighted by Crippen LogP contribution is -2.39. The van der Waals surface area contributed by atoms with E-state index in [1.807, 2.05) is 12.1 Å². The topological polar surface area (TPSA) is 67.9 Å². The number of esters is 1. The quantitative estimate of drug-likeness (QED) is 0.793. The SMILES string of the molecule is CC(C)(C)OC(=O)C1CN(Cc2ccc(Oc3ccc(F)cc3)cc2)C(=O)N1. The zero-order valence-electron chi connectivity index (χ0n) is 16.1. The van der Waals surface area contributed by atoms with Gasteiger partial charge in [-0.25, -0.2) is 14.0 Å². The van der Waals surface area contributed by atoms with E-state index in [1.54, 1.807) is 49.9 Å². The zero-order valence-corrected chi connectivity index (χ0v) is 16.1. The van der Waals surface area contributed by atoms with Gasteiger partial charge in [0, 0.05) is 6.54 Å². The predicted molar refractivity (Wildman–Crippen MR) is 101 cm³/mol. The first-order valence-corrected chi connectivity index (χ1v) is 9.00. The van der Waals surface area contributed by atoms with Gasteiger partial charge in [0.15, 0.2) is 0 Å². The maximum absolute atomic E-state index is 12.9. The Morgan fingerprint density at radius 1 is 1.11 bits per heavy atom. The summed E-state index contributed by atoms with van der Waals surface area (Å²) in [5.41, 5.74) is 0.293. The Morgan fingerprint density at radius 3 is 2.25 bits per heavy atom. The first-order chi connectivity index (χ1) is 13.2. The van der Waals surface area contributed by atoms with E-state index in [9.17, 15) is 14.0 Å². The van der Waals surface area contributed by atoms with Crippen LogP contribution in [0.5, 0.6) is 11.5 Å². The van der Waals surface area contributed by atoms with Gasteiger partial charge in [-0.05, 0) is 62.7 Å². The number of benzene rings is 2. The number of nitrogens with zero attached hydrogens (tertiary/aromatic N) is 1. The number of nitrogens with one attached hydrogen (secondary N) is 1. The summed E-state index contributed by atoms with van der Waals surface area (Å²) in [6.07, 6.45) is 0. The van der Waals surface area contributed by atoms with Crippen LogP contribution in [0.1, 0.15) is 26.3 Å². The highest BCUT2D eigenvalue weighted by Crippen LogP contribution is 2.23. The number of ether oxygens (including phenoxy) is 2. The second-order valence-corrected chi connectivity index (χ2v) is 7.62. The van der Waals surface area contributed by atoms with Crippen LogP contribution in [0.15, 0.2) is 48.5 Å². The van der Waals surface area contributed by atoms with E-state index < -0.39 is 17.6 Å². The van der Waals surface area contributed by atoms with Gasteiger partial charge in [0.25, 0.3) is 0 Å². The van der Waals surface area contributed by atoms with Crippen molar-refractivity contribution in [1.29, 1.82) is 0 Å². The third-order valence-corrected chi connectivity index (χ3v) is 4.03. The Hall–Kier alpha value is -3.09. The fourth-order valence-corrected chi connectivity index (χ4v) is 2.75. The molecule has 1 unspecified atom stereocenters. The van der Waals surface area contributed by atoms with E-state index in [2.05, 4.69) is 5.32 Å². The third kappa shape index (κ3) is 5.22. The fourth-order valence-electron chi connectivity index (χ4n) is 2.75. The highest BCUT2D eigenvalue weighted by Gasteiger charge is 2.36. The van der Waals surface area contributed by atoms with E-state index in [-0.39, 0.29) is 18.4 Å². The van der Waals surface area contributed by atoms with Crippen LogP contribution in [0.2, 0.25) is 0 Å².